The van der Waals surface area contributed by atoms with Gasteiger partial charge >= 0.3 is 22.0 Å². The average Bonchev–Trinajstić information content (AvgIpc) is 2.13. The van der Waals surface area contributed by atoms with E-state index in [9.17, 15) is 34.8 Å². The molecule has 0 spiro atoms. The molecule has 0 rings (SSSR count). The van der Waals surface area contributed by atoms with Crippen molar-refractivity contribution in [2.24, 2.45) is 0 Å². The quantitative estimate of drug-likeness (QED) is 0.347. The van der Waals surface area contributed by atoms with Crippen LogP contribution in [-0.4, -0.2) is 52.0 Å². The van der Waals surface area contributed by atoms with Crippen LogP contribution in [0, 0.1) is 0 Å². The van der Waals surface area contributed by atoms with Gasteiger partial charge in [0.25, 0.3) is 0 Å². The molecule has 0 heterocycles. The lowest BCUT2D eigenvalue weighted by Gasteiger charge is -2.25. The summed E-state index contributed by atoms with van der Waals surface area (Å²) in [6.07, 6.45) is -5.87. The van der Waals surface area contributed by atoms with Crippen LogP contribution in [-0.2, 0) is 14.3 Å². The predicted molar refractivity (Wildman–Crippen MR) is 55.3 cm³/mol. The minimum Gasteiger partial charge on any atom is -0.329 e. The van der Waals surface area contributed by atoms with E-state index in [1.807, 2.05) is 4.18 Å². The molecule has 0 aliphatic heterocycles. The van der Waals surface area contributed by atoms with Crippen molar-refractivity contribution in [3.8, 4) is 0 Å². The molecule has 0 unspecified atom stereocenters. The van der Waals surface area contributed by atoms with Crippen LogP contribution in [0.1, 0.15) is 13.8 Å². The lowest BCUT2D eigenvalue weighted by Crippen LogP contribution is -2.38. The molecule has 0 aliphatic rings. The van der Waals surface area contributed by atoms with Gasteiger partial charge in [0.15, 0.2) is 0 Å². The second kappa shape index (κ2) is 6.75. The van der Waals surface area contributed by atoms with Gasteiger partial charge in [-0.3, -0.25) is 0 Å². The molecular formula is C8H16F6NO3S+. The lowest BCUT2D eigenvalue weighted by atomic mass is 10.5. The van der Waals surface area contributed by atoms with Gasteiger partial charge in [0, 0.05) is 0 Å². The van der Waals surface area contributed by atoms with E-state index in [2.05, 4.69) is 27.9 Å². The van der Waals surface area contributed by atoms with Gasteiger partial charge in [0.05, 0.1) is 27.2 Å². The zero-order valence-corrected chi connectivity index (χ0v) is 11.6. The fourth-order valence-corrected chi connectivity index (χ4v) is 0.739. The molecule has 0 atom stereocenters. The van der Waals surface area contributed by atoms with Crippen molar-refractivity contribution in [2.45, 2.75) is 25.7 Å². The molecule has 19 heavy (non-hydrogen) atoms. The van der Waals surface area contributed by atoms with Gasteiger partial charge in [-0.1, -0.05) is 0 Å². The summed E-state index contributed by atoms with van der Waals surface area (Å²) in [6.45, 7) is 6.89. The van der Waals surface area contributed by atoms with Crippen LogP contribution in [0.15, 0.2) is 0 Å². The van der Waals surface area contributed by atoms with Crippen molar-refractivity contribution in [1.82, 2.24) is 0 Å². The second-order valence-corrected chi connectivity index (χ2v) is 5.53. The average molecular weight is 320 g/mol. The van der Waals surface area contributed by atoms with E-state index in [1.165, 1.54) is 13.1 Å². The minimum absolute atomic E-state index is 1.14. The number of rotatable bonds is 3. The molecule has 0 radical (unpaired) electrons. The zero-order chi connectivity index (χ0) is 16.1. The molecule has 0 amide bonds. The first-order valence-corrected chi connectivity index (χ1v) is 6.39. The number of nitrogens with zero attached hydrogens (tertiary/aromatic N) is 1. The molecule has 0 aromatic heterocycles. The van der Waals surface area contributed by atoms with E-state index in [0.717, 1.165) is 4.48 Å². The maximum atomic E-state index is 11.2. The Kier molecular flexibility index (Phi) is 7.38. The Morgan fingerprint density at radius 3 is 1.32 bits per heavy atom. The minimum atomic E-state index is -6.58. The highest BCUT2D eigenvalue weighted by Gasteiger charge is 2.53. The fraction of sp³-hybridized carbons (Fsp3) is 1.00. The van der Waals surface area contributed by atoms with E-state index in [4.69, 9.17) is 0 Å². The summed E-state index contributed by atoms with van der Waals surface area (Å²) in [5.74, 6) is 0. The van der Waals surface area contributed by atoms with Crippen molar-refractivity contribution in [3.05, 3.63) is 0 Å². The van der Waals surface area contributed by atoms with Gasteiger partial charge < -0.3 is 4.48 Å². The summed E-state index contributed by atoms with van der Waals surface area (Å²) in [5.41, 5.74) is -6.07. The zero-order valence-electron chi connectivity index (χ0n) is 10.8. The van der Waals surface area contributed by atoms with Crippen molar-refractivity contribution >= 4 is 10.1 Å². The molecule has 0 aromatic rings. The standard InChI is InChI=1S/C6H16N.C2F6O3S/c1-5-7(3,4)6-2;3-1(4,5)11-12(9,10)2(6,7)8/h5-6H2,1-4H3;/q+1;. The molecule has 0 aliphatic carbocycles. The highest BCUT2D eigenvalue weighted by Crippen LogP contribution is 2.30. The van der Waals surface area contributed by atoms with E-state index < -0.39 is 22.0 Å². The number of quaternary nitrogens is 1. The van der Waals surface area contributed by atoms with Crippen LogP contribution in [0.5, 0.6) is 0 Å². The smallest absolute Gasteiger partial charge is 0.329 e. The largest absolute Gasteiger partial charge is 0.537 e. The fourth-order valence-electron chi connectivity index (χ4n) is 0.395. The van der Waals surface area contributed by atoms with Gasteiger partial charge in [-0.2, -0.15) is 25.8 Å². The number of alkyl halides is 6. The van der Waals surface area contributed by atoms with Crippen LogP contribution >= 0.6 is 0 Å². The van der Waals surface area contributed by atoms with Crippen LogP contribution in [0.3, 0.4) is 0 Å². The maximum Gasteiger partial charge on any atom is 0.537 e. The third-order valence-corrected chi connectivity index (χ3v) is 3.18. The first-order chi connectivity index (χ1) is 8.08. The molecule has 0 N–H and O–H groups in total. The Morgan fingerprint density at radius 2 is 1.26 bits per heavy atom. The summed E-state index contributed by atoms with van der Waals surface area (Å²) >= 11 is 0. The normalized spacial score (nSPS) is 13.8. The topological polar surface area (TPSA) is 43.4 Å². The van der Waals surface area contributed by atoms with Crippen LogP contribution in [0.25, 0.3) is 0 Å². The Balaban J connectivity index is 0. The van der Waals surface area contributed by atoms with Crippen LogP contribution < -0.4 is 0 Å². The maximum absolute atomic E-state index is 11.2. The number of halogens is 6. The van der Waals surface area contributed by atoms with E-state index in [0.29, 0.717) is 0 Å². The third kappa shape index (κ3) is 9.96. The lowest BCUT2D eigenvalue weighted by molar-refractivity contribution is -0.886. The highest BCUT2D eigenvalue weighted by molar-refractivity contribution is 7.87. The molecule has 4 nitrogen and oxygen atoms in total. The first kappa shape index (κ1) is 20.8. The van der Waals surface area contributed by atoms with E-state index in [-0.39, 0.29) is 0 Å². The van der Waals surface area contributed by atoms with Gasteiger partial charge in [0.2, 0.25) is 0 Å². The van der Waals surface area contributed by atoms with Crippen molar-refractivity contribution in [1.29, 1.82) is 0 Å². The molecular weight excluding hydrogens is 304 g/mol. The number of hydrogen-bond donors (Lipinski definition) is 0. The summed E-state index contributed by atoms with van der Waals surface area (Å²) < 4.78 is 88.6. The molecule has 0 aromatic carbocycles. The summed E-state index contributed by atoms with van der Waals surface area (Å²) in [7, 11) is -2.11. The van der Waals surface area contributed by atoms with Gasteiger partial charge in [-0.25, -0.2) is 0 Å². The molecule has 11 heteroatoms. The van der Waals surface area contributed by atoms with Crippen molar-refractivity contribution in [3.63, 3.8) is 0 Å². The summed E-state index contributed by atoms with van der Waals surface area (Å²) in [4.78, 5) is 0. The molecule has 118 valence electrons. The SMILES string of the molecule is CC[N+](C)(C)CC.O=S(=O)(OC(F)(F)F)C(F)(F)F. The third-order valence-electron chi connectivity index (χ3n) is 2.20. The molecule has 0 saturated carbocycles. The summed E-state index contributed by atoms with van der Waals surface area (Å²) in [6, 6.07) is 0. The monoisotopic (exact) mass is 320 g/mol. The van der Waals surface area contributed by atoms with Gasteiger partial charge in [0.1, 0.15) is 0 Å². The van der Waals surface area contributed by atoms with Crippen LogP contribution in [0.2, 0.25) is 0 Å². The summed E-state index contributed by atoms with van der Waals surface area (Å²) in [5, 5.41) is 0. The van der Waals surface area contributed by atoms with Crippen LogP contribution in [0.4, 0.5) is 26.3 Å². The Labute approximate surface area is 107 Å². The second-order valence-electron chi connectivity index (χ2n) is 4.00. The molecule has 0 saturated heterocycles. The van der Waals surface area contributed by atoms with Crippen molar-refractivity contribution < 1.29 is 43.4 Å². The Bertz CT molecular complexity index is 354. The Hall–Kier alpha value is -0.550. The predicted octanol–water partition coefficient (Wildman–Crippen LogP) is 2.48. The van der Waals surface area contributed by atoms with E-state index in [1.54, 1.807) is 0 Å². The van der Waals surface area contributed by atoms with E-state index >= 15 is 0 Å². The molecule has 0 fully saturated rings. The van der Waals surface area contributed by atoms with Gasteiger partial charge in [-0.15, -0.1) is 13.2 Å². The first-order valence-electron chi connectivity index (χ1n) is 4.98. The Morgan fingerprint density at radius 1 is 0.947 bits per heavy atom. The van der Waals surface area contributed by atoms with Crippen molar-refractivity contribution in [2.75, 3.05) is 27.2 Å². The molecule has 0 bridgehead atoms. The van der Waals surface area contributed by atoms with Gasteiger partial charge in [-0.05, 0) is 13.8 Å². The number of hydrogen-bond acceptors (Lipinski definition) is 3. The highest BCUT2D eigenvalue weighted by atomic mass is 32.2.